The molecule has 12 rings (SSSR count). The van der Waals surface area contributed by atoms with E-state index in [-0.39, 0.29) is 0 Å². The zero-order chi connectivity index (χ0) is 48.9. The lowest BCUT2D eigenvalue weighted by Crippen LogP contribution is -2.03. The van der Waals surface area contributed by atoms with Gasteiger partial charge in [-0.25, -0.2) is 14.7 Å². The molecule has 8 heteroatoms. The quantitative estimate of drug-likeness (QED) is 0.149. The van der Waals surface area contributed by atoms with Crippen LogP contribution < -0.4 is 0 Å². The van der Waals surface area contributed by atoms with Crippen molar-refractivity contribution in [3.05, 3.63) is 246 Å². The van der Waals surface area contributed by atoms with Gasteiger partial charge in [-0.3, -0.25) is 4.57 Å². The normalized spacial score (nSPS) is 11.0. The molecule has 3 aromatic heterocycles. The van der Waals surface area contributed by atoms with Crippen molar-refractivity contribution >= 4 is 55.0 Å². The van der Waals surface area contributed by atoms with Crippen molar-refractivity contribution in [1.29, 1.82) is 15.8 Å². The highest BCUT2D eigenvalue weighted by Crippen LogP contribution is 2.43. The summed E-state index contributed by atoms with van der Waals surface area (Å²) in [5, 5.41) is 33.7. The lowest BCUT2D eigenvalue weighted by atomic mass is 9.99. The van der Waals surface area contributed by atoms with Crippen molar-refractivity contribution in [3.8, 4) is 85.3 Å². The van der Waals surface area contributed by atoms with E-state index in [4.69, 9.17) is 18.1 Å². The first kappa shape index (κ1) is 42.5. The molecule has 3 heterocycles. The van der Waals surface area contributed by atoms with Crippen LogP contribution in [0.25, 0.3) is 120 Å². The summed E-state index contributed by atoms with van der Waals surface area (Å²) in [6, 6.07) is 72.7. The van der Waals surface area contributed by atoms with Gasteiger partial charge in [-0.2, -0.15) is 15.8 Å². The van der Waals surface area contributed by atoms with Crippen LogP contribution in [0.1, 0.15) is 16.7 Å². The fourth-order valence-electron chi connectivity index (χ4n) is 10.0. The predicted octanol–water partition coefficient (Wildman–Crippen LogP) is 16.3. The second-order valence-electron chi connectivity index (χ2n) is 17.6. The van der Waals surface area contributed by atoms with E-state index in [0.717, 1.165) is 105 Å². The summed E-state index contributed by atoms with van der Waals surface area (Å²) in [5.74, 6) is 0.667. The molecule has 0 aliphatic rings. The number of benzene rings is 9. The van der Waals surface area contributed by atoms with Gasteiger partial charge in [0.05, 0.1) is 82.0 Å². The zero-order valence-corrected chi connectivity index (χ0v) is 38.2. The summed E-state index contributed by atoms with van der Waals surface area (Å²) in [6.45, 7) is 15.4. The third kappa shape index (κ3) is 7.25. The van der Waals surface area contributed by atoms with Crippen molar-refractivity contribution in [2.24, 2.45) is 0 Å². The Morgan fingerprint density at radius 1 is 0.361 bits per heavy atom. The van der Waals surface area contributed by atoms with Crippen LogP contribution in [0, 0.1) is 47.1 Å². The number of nitriles is 3. The summed E-state index contributed by atoms with van der Waals surface area (Å²) in [6.07, 6.45) is 1.92. The number of aromatic nitrogens is 3. The molecule has 0 N–H and O–H groups in total. The van der Waals surface area contributed by atoms with Gasteiger partial charge < -0.3 is 4.57 Å². The Morgan fingerprint density at radius 3 is 1.11 bits per heavy atom. The van der Waals surface area contributed by atoms with Crippen LogP contribution in [0.2, 0.25) is 0 Å². The molecule has 0 amide bonds. The predicted molar refractivity (Wildman–Crippen MR) is 287 cm³/mol. The first-order valence-corrected chi connectivity index (χ1v) is 23.1. The van der Waals surface area contributed by atoms with E-state index in [9.17, 15) is 15.8 Å². The number of fused-ring (bicyclic) bond motifs is 6. The molecule has 0 aliphatic carbocycles. The van der Waals surface area contributed by atoms with Crippen LogP contribution in [-0.4, -0.2) is 14.1 Å². The summed E-state index contributed by atoms with van der Waals surface area (Å²) in [5.41, 5.74) is 16.6. The minimum atomic E-state index is 0.522. The maximum atomic E-state index is 10.2. The summed E-state index contributed by atoms with van der Waals surface area (Å²) < 4.78 is 4.42. The molecule has 0 unspecified atom stereocenters. The van der Waals surface area contributed by atoms with E-state index in [2.05, 4.69) is 116 Å². The number of nitrogens with zero attached hydrogens (tertiary/aromatic N) is 8. The first-order valence-electron chi connectivity index (χ1n) is 23.1. The lowest BCUT2D eigenvalue weighted by Gasteiger charge is -2.17. The molecule has 0 saturated carbocycles. The second-order valence-corrected chi connectivity index (χ2v) is 17.6. The van der Waals surface area contributed by atoms with Crippen molar-refractivity contribution in [3.63, 3.8) is 0 Å². The van der Waals surface area contributed by atoms with Gasteiger partial charge in [-0.05, 0) is 153 Å². The van der Waals surface area contributed by atoms with Crippen molar-refractivity contribution in [1.82, 2.24) is 14.1 Å². The largest absolute Gasteiger partial charge is 0.307 e. The van der Waals surface area contributed by atoms with E-state index in [1.54, 1.807) is 18.2 Å². The smallest absolute Gasteiger partial charge is 0.187 e. The molecule has 0 fully saturated rings. The maximum Gasteiger partial charge on any atom is 0.187 e. The van der Waals surface area contributed by atoms with Crippen LogP contribution in [0.5, 0.6) is 0 Å². The number of pyridine rings is 1. The van der Waals surface area contributed by atoms with Gasteiger partial charge in [0.1, 0.15) is 5.82 Å². The highest BCUT2D eigenvalue weighted by molar-refractivity contribution is 6.13. The lowest BCUT2D eigenvalue weighted by molar-refractivity contribution is 1.06. The molecule has 72 heavy (non-hydrogen) atoms. The van der Waals surface area contributed by atoms with Gasteiger partial charge >= 0.3 is 0 Å². The van der Waals surface area contributed by atoms with Gasteiger partial charge in [-0.1, -0.05) is 97.1 Å². The van der Waals surface area contributed by atoms with Crippen LogP contribution >= 0.6 is 0 Å². The highest BCUT2D eigenvalue weighted by Gasteiger charge is 2.22. The molecule has 9 aromatic carbocycles. The Morgan fingerprint density at radius 2 is 0.708 bits per heavy atom. The highest BCUT2D eigenvalue weighted by atomic mass is 15.1. The average molecular weight is 915 g/mol. The van der Waals surface area contributed by atoms with E-state index in [0.29, 0.717) is 33.9 Å². The molecule has 0 saturated heterocycles. The molecule has 330 valence electrons. The van der Waals surface area contributed by atoms with Gasteiger partial charge in [-0.15, -0.1) is 0 Å². The van der Waals surface area contributed by atoms with Crippen LogP contribution in [0.4, 0.5) is 11.4 Å². The van der Waals surface area contributed by atoms with E-state index in [1.165, 1.54) is 0 Å². The Labute approximate surface area is 414 Å². The third-order valence-electron chi connectivity index (χ3n) is 13.4. The monoisotopic (exact) mass is 914 g/mol. The molecule has 0 atom stereocenters. The molecule has 0 spiro atoms. The molecule has 0 bridgehead atoms. The summed E-state index contributed by atoms with van der Waals surface area (Å²) >= 11 is 0. The fourth-order valence-corrected chi connectivity index (χ4v) is 10.0. The number of rotatable bonds is 7. The van der Waals surface area contributed by atoms with Crippen molar-refractivity contribution < 1.29 is 0 Å². The van der Waals surface area contributed by atoms with E-state index < -0.39 is 0 Å². The standard InChI is InChI=1S/C64H34N8/c1-68-52-16-6-13-45(29-52)49-19-23-60-56(33-49)55-31-47(43-11-3-8-40(26-43)36-65)18-22-59(55)71(60)63-39-70-64(35-54(63)51-15-5-10-42(28-51)38-67)72-61-24-20-48(44-12-4-9-41(27-44)37-66)32-57(61)58-34-50(21-25-62(58)72)46-14-7-17-53(30-46)69-2/h3-35,39H. The minimum Gasteiger partial charge on any atom is -0.307 e. The van der Waals surface area contributed by atoms with E-state index >= 15 is 0 Å². The maximum absolute atomic E-state index is 10.2. The Hall–Kier alpha value is -10.8. The first-order chi connectivity index (χ1) is 35.4. The van der Waals surface area contributed by atoms with Crippen molar-refractivity contribution in [2.45, 2.75) is 0 Å². The average Bonchev–Trinajstić information content (AvgIpc) is 3.96. The fraction of sp³-hybridized carbons (Fsp3) is 0. The summed E-state index contributed by atoms with van der Waals surface area (Å²) in [7, 11) is 0. The SMILES string of the molecule is [C-]#[N+]c1cccc(-c2ccc3c(c2)c2cc(-c4cccc(C#N)c4)ccc2n3-c2cc(-c3cccc(C#N)c3)c(-n3c4ccc(-c5cccc(C#N)c5)cc4c4cc(-c5cccc([N+]#[C-])c5)ccc43)cn2)c1. The Bertz CT molecular complexity index is 4250. The van der Waals surface area contributed by atoms with Crippen LogP contribution in [0.15, 0.2) is 206 Å². The van der Waals surface area contributed by atoms with Crippen LogP contribution in [0.3, 0.4) is 0 Å². The van der Waals surface area contributed by atoms with Crippen LogP contribution in [-0.2, 0) is 0 Å². The molecular formula is C64H34N8. The topological polar surface area (TPSA) is 103 Å². The number of hydrogen-bond acceptors (Lipinski definition) is 4. The zero-order valence-electron chi connectivity index (χ0n) is 38.2. The Kier molecular flexibility index (Phi) is 10.3. The molecular weight excluding hydrogens is 881 g/mol. The minimum absolute atomic E-state index is 0.522. The second kappa shape index (κ2) is 17.4. The summed E-state index contributed by atoms with van der Waals surface area (Å²) in [4.78, 5) is 12.7. The van der Waals surface area contributed by atoms with Gasteiger partial charge in [0.25, 0.3) is 0 Å². The molecule has 8 nitrogen and oxygen atoms in total. The van der Waals surface area contributed by atoms with Gasteiger partial charge in [0.2, 0.25) is 0 Å². The number of hydrogen-bond donors (Lipinski definition) is 0. The van der Waals surface area contributed by atoms with Crippen molar-refractivity contribution in [2.75, 3.05) is 0 Å². The molecule has 0 aliphatic heterocycles. The van der Waals surface area contributed by atoms with Gasteiger partial charge in [0.15, 0.2) is 11.4 Å². The van der Waals surface area contributed by atoms with Gasteiger partial charge in [0, 0.05) is 27.1 Å². The van der Waals surface area contributed by atoms with E-state index in [1.807, 2.05) is 109 Å². The molecule has 0 radical (unpaired) electrons. The molecule has 12 aromatic rings. The third-order valence-corrected chi connectivity index (χ3v) is 13.4. The Balaban J connectivity index is 1.12.